The molecule has 8 heteroatoms. The van der Waals surface area contributed by atoms with Crippen molar-refractivity contribution in [3.05, 3.63) is 0 Å². The van der Waals surface area contributed by atoms with Crippen LogP contribution in [0, 0.1) is 5.92 Å². The summed E-state index contributed by atoms with van der Waals surface area (Å²) in [5.41, 5.74) is 5.11. The van der Waals surface area contributed by atoms with Crippen molar-refractivity contribution in [2.75, 3.05) is 0 Å². The van der Waals surface area contributed by atoms with Gasteiger partial charge in [-0.25, -0.2) is 0 Å². The number of hydrogen-bond acceptors (Lipinski definition) is 4. The van der Waals surface area contributed by atoms with Gasteiger partial charge in [0, 0.05) is 13.3 Å². The molecule has 114 valence electrons. The molecule has 0 aromatic rings. The first-order chi connectivity index (χ1) is 9.15. The number of hydrogen-bond donors (Lipinski definition) is 4. The Bertz CT molecular complexity index is 395. The number of carboxylic acids is 1. The van der Waals surface area contributed by atoms with Crippen LogP contribution < -0.4 is 16.4 Å². The Labute approximate surface area is 117 Å². The smallest absolute Gasteiger partial charge is 0.303 e. The molecule has 0 fully saturated rings. The predicted molar refractivity (Wildman–Crippen MR) is 70.4 cm³/mol. The van der Waals surface area contributed by atoms with Gasteiger partial charge in [-0.05, 0) is 12.3 Å². The molecule has 0 saturated carbocycles. The fraction of sp³-hybridized carbons (Fsp3) is 0.667. The number of carboxylic acid groups (broad SMARTS) is 1. The lowest BCUT2D eigenvalue weighted by atomic mass is 10.0. The van der Waals surface area contributed by atoms with E-state index in [1.54, 1.807) is 13.8 Å². The molecule has 0 unspecified atom stereocenters. The number of nitrogens with one attached hydrogen (secondary N) is 2. The molecule has 0 aliphatic carbocycles. The van der Waals surface area contributed by atoms with Crippen LogP contribution in [0.4, 0.5) is 0 Å². The average molecular weight is 287 g/mol. The largest absolute Gasteiger partial charge is 0.481 e. The maximum absolute atomic E-state index is 12.0. The van der Waals surface area contributed by atoms with Crippen LogP contribution in [0.5, 0.6) is 0 Å². The van der Waals surface area contributed by atoms with Crippen molar-refractivity contribution in [1.29, 1.82) is 0 Å². The second-order valence-corrected chi connectivity index (χ2v) is 4.82. The monoisotopic (exact) mass is 287 g/mol. The van der Waals surface area contributed by atoms with Gasteiger partial charge in [-0.2, -0.15) is 0 Å². The molecule has 5 N–H and O–H groups in total. The van der Waals surface area contributed by atoms with Crippen LogP contribution in [0.1, 0.15) is 33.6 Å². The van der Waals surface area contributed by atoms with Gasteiger partial charge in [0.25, 0.3) is 0 Å². The Morgan fingerprint density at radius 3 is 2.05 bits per heavy atom. The highest BCUT2D eigenvalue weighted by Gasteiger charge is 2.27. The molecule has 0 bridgehead atoms. The minimum Gasteiger partial charge on any atom is -0.481 e. The van der Waals surface area contributed by atoms with Crippen molar-refractivity contribution in [3.63, 3.8) is 0 Å². The highest BCUT2D eigenvalue weighted by atomic mass is 16.4. The van der Waals surface area contributed by atoms with Crippen LogP contribution in [-0.4, -0.2) is 40.9 Å². The maximum atomic E-state index is 12.0. The zero-order valence-electron chi connectivity index (χ0n) is 11.8. The van der Waals surface area contributed by atoms with Crippen LogP contribution in [0.25, 0.3) is 0 Å². The van der Waals surface area contributed by atoms with Gasteiger partial charge in [-0.3, -0.25) is 19.2 Å². The molecule has 0 aliphatic heterocycles. The summed E-state index contributed by atoms with van der Waals surface area (Å²) in [6.07, 6.45) is -0.387. The highest BCUT2D eigenvalue weighted by Crippen LogP contribution is 2.04. The van der Waals surface area contributed by atoms with E-state index < -0.39 is 29.9 Å². The molecule has 0 aromatic carbocycles. The number of amides is 3. The molecule has 0 rings (SSSR count). The van der Waals surface area contributed by atoms with E-state index in [2.05, 4.69) is 10.6 Å². The summed E-state index contributed by atoms with van der Waals surface area (Å²) in [7, 11) is 0. The molecule has 0 spiro atoms. The summed E-state index contributed by atoms with van der Waals surface area (Å²) < 4.78 is 0. The maximum Gasteiger partial charge on any atom is 0.303 e. The van der Waals surface area contributed by atoms with Gasteiger partial charge < -0.3 is 21.5 Å². The van der Waals surface area contributed by atoms with Crippen LogP contribution in [-0.2, 0) is 19.2 Å². The van der Waals surface area contributed by atoms with E-state index in [1.807, 2.05) is 0 Å². The summed E-state index contributed by atoms with van der Waals surface area (Å²) in [6, 6.07) is -1.88. The topological polar surface area (TPSA) is 139 Å². The van der Waals surface area contributed by atoms with Crippen molar-refractivity contribution in [1.82, 2.24) is 10.6 Å². The second-order valence-electron chi connectivity index (χ2n) is 4.82. The first kappa shape index (κ1) is 17.9. The first-order valence-electron chi connectivity index (χ1n) is 6.23. The van der Waals surface area contributed by atoms with Crippen molar-refractivity contribution < 1.29 is 24.3 Å². The van der Waals surface area contributed by atoms with Crippen LogP contribution >= 0.6 is 0 Å². The van der Waals surface area contributed by atoms with E-state index in [4.69, 9.17) is 10.8 Å². The van der Waals surface area contributed by atoms with Crippen molar-refractivity contribution in [3.8, 4) is 0 Å². The minimum absolute atomic E-state index is 0.0959. The average Bonchev–Trinajstić information content (AvgIpc) is 2.29. The normalized spacial score (nSPS) is 13.4. The number of rotatable bonds is 8. The third-order valence-electron chi connectivity index (χ3n) is 2.61. The Morgan fingerprint density at radius 2 is 1.70 bits per heavy atom. The molecule has 0 heterocycles. The van der Waals surface area contributed by atoms with Crippen molar-refractivity contribution in [2.24, 2.45) is 11.7 Å². The van der Waals surface area contributed by atoms with Crippen molar-refractivity contribution in [2.45, 2.75) is 45.7 Å². The Balaban J connectivity index is 4.74. The molecule has 3 amide bonds. The fourth-order valence-corrected chi connectivity index (χ4v) is 1.57. The Kier molecular flexibility index (Phi) is 7.27. The number of aliphatic carboxylic acids is 1. The van der Waals surface area contributed by atoms with Gasteiger partial charge in [-0.1, -0.05) is 13.8 Å². The number of primary amides is 1. The van der Waals surface area contributed by atoms with E-state index in [0.29, 0.717) is 0 Å². The lowest BCUT2D eigenvalue weighted by Gasteiger charge is -2.23. The third-order valence-corrected chi connectivity index (χ3v) is 2.61. The molecule has 20 heavy (non-hydrogen) atoms. The van der Waals surface area contributed by atoms with E-state index in [0.717, 1.165) is 0 Å². The minimum atomic E-state index is -1.09. The highest BCUT2D eigenvalue weighted by molar-refractivity contribution is 5.91. The van der Waals surface area contributed by atoms with E-state index >= 15 is 0 Å². The number of carbonyl (C=O) groups is 4. The van der Waals surface area contributed by atoms with Crippen LogP contribution in [0.2, 0.25) is 0 Å². The van der Waals surface area contributed by atoms with Gasteiger partial charge in [0.2, 0.25) is 17.7 Å². The van der Waals surface area contributed by atoms with Crippen molar-refractivity contribution >= 4 is 23.7 Å². The molecule has 0 radical (unpaired) electrons. The van der Waals surface area contributed by atoms with E-state index in [-0.39, 0.29) is 24.7 Å². The zero-order valence-corrected chi connectivity index (χ0v) is 11.8. The van der Waals surface area contributed by atoms with Gasteiger partial charge in [0.15, 0.2) is 0 Å². The summed E-state index contributed by atoms with van der Waals surface area (Å²) in [5.74, 6) is -3.03. The van der Waals surface area contributed by atoms with Gasteiger partial charge in [0.1, 0.15) is 12.1 Å². The summed E-state index contributed by atoms with van der Waals surface area (Å²) >= 11 is 0. The number of nitrogens with two attached hydrogens (primary N) is 1. The molecule has 0 aromatic heterocycles. The van der Waals surface area contributed by atoms with Gasteiger partial charge in [0.05, 0.1) is 0 Å². The zero-order chi connectivity index (χ0) is 15.9. The van der Waals surface area contributed by atoms with E-state index in [9.17, 15) is 19.2 Å². The quantitative estimate of drug-likeness (QED) is 0.452. The first-order valence-corrected chi connectivity index (χ1v) is 6.23. The molecule has 0 aliphatic rings. The third kappa shape index (κ3) is 6.72. The van der Waals surface area contributed by atoms with Gasteiger partial charge in [-0.15, -0.1) is 0 Å². The van der Waals surface area contributed by atoms with Gasteiger partial charge >= 0.3 is 5.97 Å². The Hall–Kier alpha value is -2.12. The van der Waals surface area contributed by atoms with Crippen LogP contribution in [0.3, 0.4) is 0 Å². The van der Waals surface area contributed by atoms with Crippen LogP contribution in [0.15, 0.2) is 0 Å². The summed E-state index contributed by atoms with van der Waals surface area (Å²) in [5, 5.41) is 13.4. The SMILES string of the molecule is CC(=O)N[C@@H](C(=O)N[C@H](CCC(=O)O)C(N)=O)C(C)C. The van der Waals surface area contributed by atoms with E-state index in [1.165, 1.54) is 6.92 Å². The molecule has 0 saturated heterocycles. The summed E-state index contributed by atoms with van der Waals surface area (Å²) in [4.78, 5) is 44.7. The predicted octanol–water partition coefficient (Wildman–Crippen LogP) is -1.02. The molecule has 8 nitrogen and oxygen atoms in total. The summed E-state index contributed by atoms with van der Waals surface area (Å²) in [6.45, 7) is 4.74. The molecular weight excluding hydrogens is 266 g/mol. The molecule has 2 atom stereocenters. The lowest BCUT2D eigenvalue weighted by Crippen LogP contribution is -2.54. The Morgan fingerprint density at radius 1 is 1.15 bits per heavy atom. The number of carbonyl (C=O) groups excluding carboxylic acids is 3. The standard InChI is InChI=1S/C12H21N3O5/c1-6(2)10(14-7(3)16)12(20)15-8(11(13)19)4-5-9(17)18/h6,8,10H,4-5H2,1-3H3,(H2,13,19)(H,14,16)(H,15,20)(H,17,18)/t8-,10-/m1/s1. The second kappa shape index (κ2) is 8.13. The molecular formula is C12H21N3O5. The fourth-order valence-electron chi connectivity index (χ4n) is 1.57. The lowest BCUT2D eigenvalue weighted by molar-refractivity contribution is -0.138.